The average Bonchev–Trinajstić information content (AvgIpc) is 2.79. The summed E-state index contributed by atoms with van der Waals surface area (Å²) in [7, 11) is 0. The Morgan fingerprint density at radius 3 is 3.05 bits per heavy atom. The number of aromatic nitrogens is 3. The van der Waals surface area contributed by atoms with Crippen LogP contribution in [-0.2, 0) is 6.54 Å². The van der Waals surface area contributed by atoms with E-state index in [2.05, 4.69) is 55.9 Å². The molecule has 19 heavy (non-hydrogen) atoms. The summed E-state index contributed by atoms with van der Waals surface area (Å²) >= 11 is 3.48. The third kappa shape index (κ3) is 2.58. The molecular formula is C13H15BrN4O. The summed E-state index contributed by atoms with van der Waals surface area (Å²) in [5, 5.41) is 6.79. The molecule has 1 N–H and O–H groups in total. The fraction of sp³-hybridized carbons (Fsp3) is 0.385. The third-order valence-corrected chi connectivity index (χ3v) is 3.52. The van der Waals surface area contributed by atoms with E-state index in [9.17, 15) is 0 Å². The quantitative estimate of drug-likeness (QED) is 0.923. The largest absolute Gasteiger partial charge is 0.484 e. The molecule has 3 rings (SSSR count). The number of fused-ring (bicyclic) bond motifs is 1. The molecule has 0 atom stereocenters. The zero-order valence-corrected chi connectivity index (χ0v) is 12.4. The van der Waals surface area contributed by atoms with Crippen LogP contribution in [0.2, 0.25) is 0 Å². The van der Waals surface area contributed by atoms with E-state index in [1.54, 1.807) is 0 Å². The number of nitrogens with zero attached hydrogens (tertiary/aromatic N) is 3. The lowest BCUT2D eigenvalue weighted by Crippen LogP contribution is -2.46. The topological polar surface area (TPSA) is 54.0 Å². The van der Waals surface area contributed by atoms with Crippen LogP contribution in [0.4, 0.5) is 5.69 Å². The zero-order chi connectivity index (χ0) is 13.5. The monoisotopic (exact) mass is 322 g/mol. The first-order chi connectivity index (χ1) is 9.03. The van der Waals surface area contributed by atoms with Gasteiger partial charge in [-0.1, -0.05) is 15.9 Å². The molecule has 0 bridgehead atoms. The van der Waals surface area contributed by atoms with Crippen LogP contribution >= 0.6 is 15.9 Å². The van der Waals surface area contributed by atoms with Crippen molar-refractivity contribution in [3.63, 3.8) is 0 Å². The standard InChI is InChI=1S/C13H15BrN4O/c1-13(2)7-18(6-12-15-8-16-17-12)10-4-3-9(14)5-11(10)19-13/h3-5,8H,6-7H2,1-2H3,(H,15,16,17). The van der Waals surface area contributed by atoms with Crippen LogP contribution < -0.4 is 9.64 Å². The maximum atomic E-state index is 6.03. The summed E-state index contributed by atoms with van der Waals surface area (Å²) in [6, 6.07) is 6.09. The molecule has 1 aromatic carbocycles. The van der Waals surface area contributed by atoms with Gasteiger partial charge in [0, 0.05) is 4.47 Å². The van der Waals surface area contributed by atoms with Gasteiger partial charge in [-0.2, -0.15) is 5.10 Å². The van der Waals surface area contributed by atoms with Crippen LogP contribution in [0, 0.1) is 0 Å². The van der Waals surface area contributed by atoms with E-state index in [0.717, 1.165) is 28.3 Å². The predicted octanol–water partition coefficient (Wildman–Crippen LogP) is 2.74. The molecule has 5 nitrogen and oxygen atoms in total. The lowest BCUT2D eigenvalue weighted by Gasteiger charge is -2.40. The zero-order valence-electron chi connectivity index (χ0n) is 10.9. The van der Waals surface area contributed by atoms with Crippen LogP contribution in [-0.4, -0.2) is 27.3 Å². The van der Waals surface area contributed by atoms with Crippen LogP contribution in [0.25, 0.3) is 0 Å². The predicted molar refractivity (Wildman–Crippen MR) is 76.3 cm³/mol. The molecule has 0 saturated carbocycles. The highest BCUT2D eigenvalue weighted by atomic mass is 79.9. The first-order valence-corrected chi connectivity index (χ1v) is 6.91. The number of hydrogen-bond acceptors (Lipinski definition) is 4. The molecule has 0 unspecified atom stereocenters. The fourth-order valence-corrected chi connectivity index (χ4v) is 2.67. The number of aromatic amines is 1. The molecule has 0 fully saturated rings. The van der Waals surface area contributed by atoms with E-state index in [0.29, 0.717) is 6.54 Å². The summed E-state index contributed by atoms with van der Waals surface area (Å²) in [6.07, 6.45) is 1.53. The minimum absolute atomic E-state index is 0.228. The minimum Gasteiger partial charge on any atom is -0.484 e. The SMILES string of the molecule is CC1(C)CN(Cc2ncn[nH]2)c2ccc(Br)cc2O1. The summed E-state index contributed by atoms with van der Waals surface area (Å²) in [4.78, 5) is 6.45. The van der Waals surface area contributed by atoms with E-state index in [1.165, 1.54) is 6.33 Å². The summed E-state index contributed by atoms with van der Waals surface area (Å²) in [5.74, 6) is 1.75. The molecule has 100 valence electrons. The Morgan fingerprint density at radius 1 is 1.47 bits per heavy atom. The van der Waals surface area contributed by atoms with Gasteiger partial charge in [0.1, 0.15) is 23.5 Å². The van der Waals surface area contributed by atoms with Crippen molar-refractivity contribution in [1.82, 2.24) is 15.2 Å². The van der Waals surface area contributed by atoms with Crippen molar-refractivity contribution >= 4 is 21.6 Å². The van der Waals surface area contributed by atoms with Crippen LogP contribution in [0.1, 0.15) is 19.7 Å². The molecule has 0 amide bonds. The number of nitrogens with one attached hydrogen (secondary N) is 1. The Kier molecular flexibility index (Phi) is 2.97. The molecular weight excluding hydrogens is 308 g/mol. The van der Waals surface area contributed by atoms with Crippen molar-refractivity contribution in [3.8, 4) is 5.75 Å². The van der Waals surface area contributed by atoms with Gasteiger partial charge in [0.2, 0.25) is 0 Å². The van der Waals surface area contributed by atoms with Crippen molar-refractivity contribution in [1.29, 1.82) is 0 Å². The Hall–Kier alpha value is -1.56. The normalized spacial score (nSPS) is 16.9. The average molecular weight is 323 g/mol. The molecule has 0 aliphatic carbocycles. The molecule has 1 aliphatic heterocycles. The van der Waals surface area contributed by atoms with Gasteiger partial charge in [-0.15, -0.1) is 0 Å². The van der Waals surface area contributed by atoms with E-state index >= 15 is 0 Å². The number of rotatable bonds is 2. The van der Waals surface area contributed by atoms with Gasteiger partial charge in [-0.05, 0) is 32.0 Å². The van der Waals surface area contributed by atoms with Crippen LogP contribution in [0.3, 0.4) is 0 Å². The van der Waals surface area contributed by atoms with E-state index in [1.807, 2.05) is 12.1 Å². The van der Waals surface area contributed by atoms with E-state index < -0.39 is 0 Å². The van der Waals surface area contributed by atoms with Gasteiger partial charge in [0.25, 0.3) is 0 Å². The van der Waals surface area contributed by atoms with Crippen molar-refractivity contribution in [3.05, 3.63) is 34.8 Å². The molecule has 6 heteroatoms. The van der Waals surface area contributed by atoms with Crippen molar-refractivity contribution in [2.45, 2.75) is 26.0 Å². The molecule has 2 aromatic rings. The first kappa shape index (κ1) is 12.5. The van der Waals surface area contributed by atoms with E-state index in [-0.39, 0.29) is 5.60 Å². The molecule has 1 aromatic heterocycles. The minimum atomic E-state index is -0.228. The number of anilines is 1. The van der Waals surface area contributed by atoms with E-state index in [4.69, 9.17) is 4.74 Å². The van der Waals surface area contributed by atoms with Gasteiger partial charge in [-0.25, -0.2) is 4.98 Å². The van der Waals surface area contributed by atoms with Gasteiger partial charge in [0.05, 0.1) is 18.8 Å². The van der Waals surface area contributed by atoms with Crippen molar-refractivity contribution < 1.29 is 4.74 Å². The Bertz CT molecular complexity index is 582. The fourth-order valence-electron chi connectivity index (χ4n) is 2.33. The van der Waals surface area contributed by atoms with Crippen molar-refractivity contribution in [2.24, 2.45) is 0 Å². The second kappa shape index (κ2) is 4.52. The van der Waals surface area contributed by atoms with Gasteiger partial charge in [0.15, 0.2) is 0 Å². The van der Waals surface area contributed by atoms with Gasteiger partial charge in [-0.3, -0.25) is 5.10 Å². The molecule has 1 aliphatic rings. The molecule has 0 saturated heterocycles. The maximum absolute atomic E-state index is 6.03. The second-order valence-electron chi connectivity index (χ2n) is 5.26. The van der Waals surface area contributed by atoms with Gasteiger partial charge < -0.3 is 9.64 Å². The summed E-state index contributed by atoms with van der Waals surface area (Å²) < 4.78 is 7.05. The number of H-pyrrole nitrogens is 1. The summed E-state index contributed by atoms with van der Waals surface area (Å²) in [6.45, 7) is 5.68. The molecule has 0 radical (unpaired) electrons. The Labute approximate surface area is 120 Å². The lowest BCUT2D eigenvalue weighted by atomic mass is 10.1. The van der Waals surface area contributed by atoms with Gasteiger partial charge >= 0.3 is 0 Å². The molecule has 0 spiro atoms. The second-order valence-corrected chi connectivity index (χ2v) is 6.18. The number of ether oxygens (including phenoxy) is 1. The highest BCUT2D eigenvalue weighted by Gasteiger charge is 2.32. The summed E-state index contributed by atoms with van der Waals surface area (Å²) in [5.41, 5.74) is 0.854. The number of hydrogen-bond donors (Lipinski definition) is 1. The lowest BCUT2D eigenvalue weighted by molar-refractivity contribution is 0.104. The Morgan fingerprint density at radius 2 is 2.32 bits per heavy atom. The first-order valence-electron chi connectivity index (χ1n) is 6.11. The number of benzene rings is 1. The maximum Gasteiger partial charge on any atom is 0.144 e. The number of halogens is 1. The third-order valence-electron chi connectivity index (χ3n) is 3.03. The van der Waals surface area contributed by atoms with Crippen LogP contribution in [0.5, 0.6) is 5.75 Å². The molecule has 2 heterocycles. The van der Waals surface area contributed by atoms with Crippen molar-refractivity contribution in [2.75, 3.05) is 11.4 Å². The van der Waals surface area contributed by atoms with Crippen LogP contribution in [0.15, 0.2) is 29.0 Å². The smallest absolute Gasteiger partial charge is 0.144 e. The highest BCUT2D eigenvalue weighted by molar-refractivity contribution is 9.10. The highest BCUT2D eigenvalue weighted by Crippen LogP contribution is 2.39. The Balaban J connectivity index is 1.96.